The molecule has 0 N–H and O–H groups in total. The summed E-state index contributed by atoms with van der Waals surface area (Å²) in [5.41, 5.74) is 1.17. The maximum atomic E-state index is 13.4. The van der Waals surface area contributed by atoms with Crippen molar-refractivity contribution in [2.24, 2.45) is 5.92 Å². The van der Waals surface area contributed by atoms with Crippen LogP contribution in [0, 0.1) is 11.7 Å². The molecule has 3 heterocycles. The Morgan fingerprint density at radius 1 is 0.893 bits per heavy atom. The quantitative estimate of drug-likeness (QED) is 0.696. The number of nitrogens with zero attached hydrogens (tertiary/aromatic N) is 3. The average Bonchev–Trinajstić information content (AvgIpc) is 3.30. The highest BCUT2D eigenvalue weighted by atomic mass is 35.5. The normalized spacial score (nSPS) is 27.5. The van der Waals surface area contributed by atoms with Gasteiger partial charge in [0.15, 0.2) is 0 Å². The number of halogens is 3. The van der Waals surface area contributed by atoms with Crippen molar-refractivity contribution >= 4 is 40.7 Å². The summed E-state index contributed by atoms with van der Waals surface area (Å²) in [6.45, 7) is 1.47. The van der Waals surface area contributed by atoms with E-state index >= 15 is 0 Å². The standard InChI is InChI=1S/C20H16Cl2FN3O2/c21-12-4-7-15(14(22)10-12)26-19(27)16-17(11-2-5-13(23)6-3-11)24-8-1-9-25(24)18(16)20(26)28/h2-7,10,16-18H,1,8-9H2/t16-,17+,18-/m0/s1. The number of carbonyl (C=O) groups is 2. The smallest absolute Gasteiger partial charge is 0.253 e. The third kappa shape index (κ3) is 2.52. The van der Waals surface area contributed by atoms with Crippen LogP contribution in [0.2, 0.25) is 10.0 Å². The lowest BCUT2D eigenvalue weighted by molar-refractivity contribution is -0.126. The molecule has 0 spiro atoms. The average molecular weight is 420 g/mol. The molecule has 2 amide bonds. The number of fused-ring (bicyclic) bond motifs is 3. The summed E-state index contributed by atoms with van der Waals surface area (Å²) >= 11 is 12.2. The van der Waals surface area contributed by atoms with Crippen LogP contribution in [0.5, 0.6) is 0 Å². The summed E-state index contributed by atoms with van der Waals surface area (Å²) in [6.07, 6.45) is 0.907. The summed E-state index contributed by atoms with van der Waals surface area (Å²) in [4.78, 5) is 27.9. The fraction of sp³-hybridized carbons (Fsp3) is 0.300. The van der Waals surface area contributed by atoms with Gasteiger partial charge in [-0.15, -0.1) is 0 Å². The molecule has 3 atom stereocenters. The molecule has 3 aliphatic heterocycles. The van der Waals surface area contributed by atoms with Crippen molar-refractivity contribution in [1.29, 1.82) is 0 Å². The van der Waals surface area contributed by atoms with Crippen LogP contribution in [0.4, 0.5) is 10.1 Å². The van der Waals surface area contributed by atoms with Gasteiger partial charge in [0.2, 0.25) is 5.91 Å². The largest absolute Gasteiger partial charge is 0.274 e. The van der Waals surface area contributed by atoms with Gasteiger partial charge in [-0.1, -0.05) is 35.3 Å². The highest BCUT2D eigenvalue weighted by molar-refractivity contribution is 6.38. The van der Waals surface area contributed by atoms with Crippen molar-refractivity contribution in [1.82, 2.24) is 10.0 Å². The van der Waals surface area contributed by atoms with E-state index < -0.39 is 12.0 Å². The first-order valence-electron chi connectivity index (χ1n) is 9.09. The molecule has 2 aromatic carbocycles. The fourth-order valence-corrected chi connectivity index (χ4v) is 5.17. The van der Waals surface area contributed by atoms with E-state index in [9.17, 15) is 14.0 Å². The molecule has 0 unspecified atom stereocenters. The van der Waals surface area contributed by atoms with Crippen LogP contribution in [-0.4, -0.2) is 41.0 Å². The lowest BCUT2D eigenvalue weighted by atomic mass is 9.90. The zero-order chi connectivity index (χ0) is 19.6. The molecule has 5 nitrogen and oxygen atoms in total. The van der Waals surface area contributed by atoms with Crippen molar-refractivity contribution < 1.29 is 14.0 Å². The summed E-state index contributed by atoms with van der Waals surface area (Å²) in [6, 6.07) is 10.00. The lowest BCUT2D eigenvalue weighted by Gasteiger charge is -2.30. The van der Waals surface area contributed by atoms with Gasteiger partial charge in [-0.05, 0) is 42.3 Å². The second kappa shape index (κ2) is 6.52. The van der Waals surface area contributed by atoms with Crippen LogP contribution in [0.3, 0.4) is 0 Å². The van der Waals surface area contributed by atoms with Crippen LogP contribution in [-0.2, 0) is 9.59 Å². The molecule has 0 radical (unpaired) electrons. The molecule has 3 fully saturated rings. The Bertz CT molecular complexity index is 984. The Balaban J connectivity index is 1.59. The zero-order valence-electron chi connectivity index (χ0n) is 14.7. The Kier molecular flexibility index (Phi) is 4.21. The zero-order valence-corrected chi connectivity index (χ0v) is 16.2. The molecular weight excluding hydrogens is 404 g/mol. The molecule has 0 aromatic heterocycles. The number of hydrogen-bond acceptors (Lipinski definition) is 4. The maximum Gasteiger partial charge on any atom is 0.253 e. The van der Waals surface area contributed by atoms with Gasteiger partial charge in [0.05, 0.1) is 22.7 Å². The number of amides is 2. The Labute approximate surface area is 171 Å². The van der Waals surface area contributed by atoms with Gasteiger partial charge in [-0.25, -0.2) is 19.3 Å². The van der Waals surface area contributed by atoms with Crippen LogP contribution in [0.15, 0.2) is 42.5 Å². The molecule has 3 aliphatic rings. The van der Waals surface area contributed by atoms with E-state index in [1.54, 1.807) is 24.3 Å². The number of imide groups is 1. The third-order valence-corrected chi connectivity index (χ3v) is 6.31. The van der Waals surface area contributed by atoms with E-state index in [1.165, 1.54) is 23.1 Å². The monoisotopic (exact) mass is 419 g/mol. The minimum absolute atomic E-state index is 0.255. The summed E-state index contributed by atoms with van der Waals surface area (Å²) in [5, 5.41) is 4.76. The molecule has 0 aliphatic carbocycles. The number of hydrogen-bond donors (Lipinski definition) is 0. The molecule has 0 saturated carbocycles. The number of carbonyl (C=O) groups excluding carboxylic acids is 2. The van der Waals surface area contributed by atoms with Gasteiger partial charge < -0.3 is 0 Å². The van der Waals surface area contributed by atoms with Crippen LogP contribution in [0.1, 0.15) is 18.0 Å². The fourth-order valence-electron chi connectivity index (χ4n) is 4.67. The van der Waals surface area contributed by atoms with Crippen molar-refractivity contribution in [3.05, 3.63) is 63.9 Å². The van der Waals surface area contributed by atoms with E-state index in [1.807, 2.05) is 5.01 Å². The maximum absolute atomic E-state index is 13.4. The summed E-state index contributed by atoms with van der Waals surface area (Å²) in [5.74, 6) is -1.47. The van der Waals surface area contributed by atoms with Gasteiger partial charge in [-0.3, -0.25) is 9.59 Å². The Morgan fingerprint density at radius 2 is 1.57 bits per heavy atom. The first kappa shape index (κ1) is 18.1. The third-order valence-electron chi connectivity index (χ3n) is 5.77. The highest BCUT2D eigenvalue weighted by Crippen LogP contribution is 2.49. The summed E-state index contributed by atoms with van der Waals surface area (Å²) < 4.78 is 13.4. The molecule has 28 heavy (non-hydrogen) atoms. The first-order chi connectivity index (χ1) is 13.5. The molecular formula is C20H16Cl2FN3O2. The van der Waals surface area contributed by atoms with E-state index in [0.717, 1.165) is 18.5 Å². The minimum Gasteiger partial charge on any atom is -0.274 e. The van der Waals surface area contributed by atoms with Gasteiger partial charge in [0.1, 0.15) is 11.9 Å². The molecule has 3 saturated heterocycles. The van der Waals surface area contributed by atoms with Crippen LogP contribution < -0.4 is 4.90 Å². The topological polar surface area (TPSA) is 43.9 Å². The van der Waals surface area contributed by atoms with Gasteiger partial charge in [0.25, 0.3) is 5.91 Å². The molecule has 8 heteroatoms. The molecule has 144 valence electrons. The number of hydrazine groups is 1. The highest BCUT2D eigenvalue weighted by Gasteiger charge is 2.63. The van der Waals surface area contributed by atoms with Crippen molar-refractivity contribution in [2.45, 2.75) is 18.5 Å². The number of benzene rings is 2. The predicted octanol–water partition coefficient (Wildman–Crippen LogP) is 3.67. The number of anilines is 1. The second-order valence-corrected chi connectivity index (χ2v) is 8.10. The van der Waals surface area contributed by atoms with Crippen molar-refractivity contribution in [3.8, 4) is 0 Å². The van der Waals surface area contributed by atoms with Crippen molar-refractivity contribution in [2.75, 3.05) is 18.0 Å². The van der Waals surface area contributed by atoms with Gasteiger partial charge in [-0.2, -0.15) is 0 Å². The van der Waals surface area contributed by atoms with Gasteiger partial charge in [0, 0.05) is 18.1 Å². The number of rotatable bonds is 2. The SMILES string of the molecule is O=C1[C@@H]2[C@@H](C(=O)N1c1ccc(Cl)cc1Cl)N1CCCN1[C@@H]2c1ccc(F)cc1. The Hall–Kier alpha value is -1.99. The van der Waals surface area contributed by atoms with Crippen LogP contribution in [0.25, 0.3) is 0 Å². The molecule has 2 aromatic rings. The minimum atomic E-state index is -0.572. The Morgan fingerprint density at radius 3 is 2.25 bits per heavy atom. The van der Waals surface area contributed by atoms with E-state index in [0.29, 0.717) is 17.3 Å². The van der Waals surface area contributed by atoms with E-state index in [-0.39, 0.29) is 28.7 Å². The van der Waals surface area contributed by atoms with Gasteiger partial charge >= 0.3 is 0 Å². The molecule has 5 rings (SSSR count). The molecule has 0 bridgehead atoms. The van der Waals surface area contributed by atoms with E-state index in [2.05, 4.69) is 5.01 Å². The summed E-state index contributed by atoms with van der Waals surface area (Å²) in [7, 11) is 0. The lowest BCUT2D eigenvalue weighted by Crippen LogP contribution is -2.44. The van der Waals surface area contributed by atoms with Crippen molar-refractivity contribution in [3.63, 3.8) is 0 Å². The van der Waals surface area contributed by atoms with Crippen LogP contribution >= 0.6 is 23.2 Å². The second-order valence-electron chi connectivity index (χ2n) is 7.25. The van der Waals surface area contributed by atoms with E-state index in [4.69, 9.17) is 23.2 Å². The predicted molar refractivity (Wildman–Crippen MR) is 103 cm³/mol. The first-order valence-corrected chi connectivity index (χ1v) is 9.84.